The van der Waals surface area contributed by atoms with Gasteiger partial charge in [0, 0.05) is 22.0 Å². The summed E-state index contributed by atoms with van der Waals surface area (Å²) in [6.07, 6.45) is 0.466. The lowest BCUT2D eigenvalue weighted by atomic mass is 9.98. The molecule has 0 fully saturated rings. The van der Waals surface area contributed by atoms with Gasteiger partial charge in [-0.1, -0.05) is 27.5 Å². The molecule has 16 heavy (non-hydrogen) atoms. The fourth-order valence-corrected chi connectivity index (χ4v) is 2.32. The Morgan fingerprint density at radius 1 is 1.62 bits per heavy atom. The average molecular weight is 307 g/mol. The highest BCUT2D eigenvalue weighted by atomic mass is 79.9. The maximum atomic E-state index is 10.5. The third kappa shape index (κ3) is 3.47. The summed E-state index contributed by atoms with van der Waals surface area (Å²) in [4.78, 5) is 10.5. The second-order valence-corrected chi connectivity index (χ2v) is 4.96. The molecule has 1 aromatic carbocycles. The molecule has 0 aromatic heterocycles. The summed E-state index contributed by atoms with van der Waals surface area (Å²) >= 11 is 9.36. The van der Waals surface area contributed by atoms with Crippen LogP contribution in [0.5, 0.6) is 0 Å². The molecule has 88 valence electrons. The Hall–Kier alpha value is -0.580. The van der Waals surface area contributed by atoms with Crippen LogP contribution in [0.25, 0.3) is 0 Å². The van der Waals surface area contributed by atoms with Crippen molar-refractivity contribution in [2.24, 2.45) is 5.73 Å². The first-order valence-corrected chi connectivity index (χ1v) is 6.02. The molecule has 3 nitrogen and oxygen atoms in total. The maximum Gasteiger partial charge on any atom is 0.303 e. The van der Waals surface area contributed by atoms with Gasteiger partial charge in [0.1, 0.15) is 0 Å². The summed E-state index contributed by atoms with van der Waals surface area (Å²) in [5.74, 6) is -0.839. The summed E-state index contributed by atoms with van der Waals surface area (Å²) in [7, 11) is 0. The molecule has 1 rings (SSSR count). The van der Waals surface area contributed by atoms with Crippen molar-refractivity contribution in [1.29, 1.82) is 0 Å². The van der Waals surface area contributed by atoms with E-state index in [9.17, 15) is 4.79 Å². The maximum absolute atomic E-state index is 10.5. The minimum Gasteiger partial charge on any atom is -0.481 e. The van der Waals surface area contributed by atoms with Crippen molar-refractivity contribution in [3.8, 4) is 0 Å². The number of rotatable bonds is 4. The largest absolute Gasteiger partial charge is 0.481 e. The molecule has 0 spiro atoms. The molecule has 0 bridgehead atoms. The predicted molar refractivity (Wildman–Crippen MR) is 67.7 cm³/mol. The lowest BCUT2D eigenvalue weighted by molar-refractivity contribution is -0.137. The van der Waals surface area contributed by atoms with Gasteiger partial charge in [-0.25, -0.2) is 0 Å². The van der Waals surface area contributed by atoms with Crippen molar-refractivity contribution >= 4 is 33.5 Å². The first-order chi connectivity index (χ1) is 7.41. The van der Waals surface area contributed by atoms with E-state index in [0.717, 1.165) is 15.6 Å². The van der Waals surface area contributed by atoms with Crippen LogP contribution in [0.2, 0.25) is 5.02 Å². The first-order valence-electron chi connectivity index (χ1n) is 4.84. The number of hydrogen-bond acceptors (Lipinski definition) is 2. The molecule has 1 aromatic rings. The SMILES string of the molecule is Cc1c(Cl)cc(Br)cc1C(N)CCC(=O)O. The third-order valence-corrected chi connectivity index (χ3v) is 3.27. The Morgan fingerprint density at radius 3 is 2.81 bits per heavy atom. The van der Waals surface area contributed by atoms with E-state index in [0.29, 0.717) is 11.4 Å². The Balaban J connectivity index is 2.90. The highest BCUT2D eigenvalue weighted by Crippen LogP contribution is 2.29. The van der Waals surface area contributed by atoms with Gasteiger partial charge in [-0.15, -0.1) is 0 Å². The van der Waals surface area contributed by atoms with Crippen LogP contribution < -0.4 is 5.73 Å². The van der Waals surface area contributed by atoms with Crippen LogP contribution in [0.15, 0.2) is 16.6 Å². The molecule has 0 saturated carbocycles. The van der Waals surface area contributed by atoms with Gasteiger partial charge in [0.25, 0.3) is 0 Å². The van der Waals surface area contributed by atoms with Crippen molar-refractivity contribution < 1.29 is 9.90 Å². The topological polar surface area (TPSA) is 63.3 Å². The molecule has 0 heterocycles. The van der Waals surface area contributed by atoms with Gasteiger partial charge in [-0.3, -0.25) is 4.79 Å². The van der Waals surface area contributed by atoms with E-state index in [1.807, 2.05) is 13.0 Å². The molecular formula is C11H13BrClNO2. The van der Waals surface area contributed by atoms with Gasteiger partial charge in [0.2, 0.25) is 0 Å². The summed E-state index contributed by atoms with van der Waals surface area (Å²) in [6.45, 7) is 1.88. The minimum atomic E-state index is -0.839. The Bertz CT molecular complexity index is 409. The van der Waals surface area contributed by atoms with Gasteiger partial charge >= 0.3 is 5.97 Å². The molecule has 0 saturated heterocycles. The van der Waals surface area contributed by atoms with E-state index in [1.165, 1.54) is 0 Å². The Kier molecular flexibility index (Phi) is 4.77. The van der Waals surface area contributed by atoms with E-state index in [4.69, 9.17) is 22.4 Å². The number of aliphatic carboxylic acids is 1. The summed E-state index contributed by atoms with van der Waals surface area (Å²) in [5.41, 5.74) is 7.73. The number of halogens is 2. The monoisotopic (exact) mass is 305 g/mol. The summed E-state index contributed by atoms with van der Waals surface area (Å²) in [5, 5.41) is 9.23. The summed E-state index contributed by atoms with van der Waals surface area (Å²) < 4.78 is 0.851. The number of benzene rings is 1. The van der Waals surface area contributed by atoms with Crippen LogP contribution >= 0.6 is 27.5 Å². The van der Waals surface area contributed by atoms with Crippen molar-refractivity contribution in [1.82, 2.24) is 0 Å². The van der Waals surface area contributed by atoms with Gasteiger partial charge < -0.3 is 10.8 Å². The highest BCUT2D eigenvalue weighted by molar-refractivity contribution is 9.10. The lowest BCUT2D eigenvalue weighted by Crippen LogP contribution is -2.13. The Labute approximate surface area is 108 Å². The van der Waals surface area contributed by atoms with E-state index >= 15 is 0 Å². The van der Waals surface area contributed by atoms with Crippen LogP contribution in [-0.4, -0.2) is 11.1 Å². The minimum absolute atomic E-state index is 0.0603. The third-order valence-electron chi connectivity index (χ3n) is 2.42. The zero-order chi connectivity index (χ0) is 12.3. The highest BCUT2D eigenvalue weighted by Gasteiger charge is 2.13. The van der Waals surface area contributed by atoms with Crippen molar-refractivity contribution in [2.45, 2.75) is 25.8 Å². The summed E-state index contributed by atoms with van der Waals surface area (Å²) in [6, 6.07) is 3.38. The van der Waals surface area contributed by atoms with E-state index < -0.39 is 5.97 Å². The van der Waals surface area contributed by atoms with Crippen LogP contribution in [-0.2, 0) is 4.79 Å². The van der Waals surface area contributed by atoms with Gasteiger partial charge in [-0.2, -0.15) is 0 Å². The van der Waals surface area contributed by atoms with Gasteiger partial charge in [0.05, 0.1) is 0 Å². The first kappa shape index (κ1) is 13.5. The molecule has 0 amide bonds. The van der Waals surface area contributed by atoms with Crippen LogP contribution in [0.1, 0.15) is 30.0 Å². The van der Waals surface area contributed by atoms with Crippen LogP contribution in [0.3, 0.4) is 0 Å². The van der Waals surface area contributed by atoms with Crippen LogP contribution in [0, 0.1) is 6.92 Å². The second kappa shape index (κ2) is 5.66. The van der Waals surface area contributed by atoms with Crippen LogP contribution in [0.4, 0.5) is 0 Å². The molecule has 3 N–H and O–H groups in total. The average Bonchev–Trinajstić information content (AvgIpc) is 2.19. The lowest BCUT2D eigenvalue weighted by Gasteiger charge is -2.15. The van der Waals surface area contributed by atoms with Gasteiger partial charge in [-0.05, 0) is 36.6 Å². The van der Waals surface area contributed by atoms with Crippen molar-refractivity contribution in [3.63, 3.8) is 0 Å². The fourth-order valence-electron chi connectivity index (χ4n) is 1.49. The van der Waals surface area contributed by atoms with E-state index in [-0.39, 0.29) is 12.5 Å². The molecule has 0 aliphatic rings. The predicted octanol–water partition coefficient (Wildman–Crippen LogP) is 3.28. The molecule has 0 aliphatic heterocycles. The quantitative estimate of drug-likeness (QED) is 0.897. The van der Waals surface area contributed by atoms with E-state index in [2.05, 4.69) is 15.9 Å². The number of hydrogen-bond donors (Lipinski definition) is 2. The molecule has 0 aliphatic carbocycles. The zero-order valence-electron chi connectivity index (χ0n) is 8.84. The fraction of sp³-hybridized carbons (Fsp3) is 0.364. The molecular weight excluding hydrogens is 293 g/mol. The normalized spacial score (nSPS) is 12.5. The number of nitrogens with two attached hydrogens (primary N) is 1. The molecule has 0 radical (unpaired) electrons. The van der Waals surface area contributed by atoms with Crippen molar-refractivity contribution in [3.05, 3.63) is 32.8 Å². The number of carbonyl (C=O) groups is 1. The molecule has 1 atom stereocenters. The van der Waals surface area contributed by atoms with Gasteiger partial charge in [0.15, 0.2) is 0 Å². The van der Waals surface area contributed by atoms with Crippen molar-refractivity contribution in [2.75, 3.05) is 0 Å². The number of carboxylic acid groups (broad SMARTS) is 1. The Morgan fingerprint density at radius 2 is 2.25 bits per heavy atom. The number of carboxylic acids is 1. The standard InChI is InChI=1S/C11H13BrClNO2/c1-6-8(4-7(12)5-9(6)13)10(14)2-3-11(15)16/h4-5,10H,2-3,14H2,1H3,(H,15,16). The van der Waals surface area contributed by atoms with E-state index in [1.54, 1.807) is 6.07 Å². The molecule has 5 heteroatoms. The smallest absolute Gasteiger partial charge is 0.303 e. The molecule has 1 unspecified atom stereocenters. The zero-order valence-corrected chi connectivity index (χ0v) is 11.2. The second-order valence-electron chi connectivity index (χ2n) is 3.64.